The number of carbonyl (C=O) groups is 2. The fraction of sp³-hybridized carbons (Fsp3) is 0.412. The van der Waals surface area contributed by atoms with E-state index in [2.05, 4.69) is 10.2 Å². The molecule has 1 aliphatic heterocycles. The second-order valence-electron chi connectivity index (χ2n) is 6.02. The van der Waals surface area contributed by atoms with Crippen LogP contribution in [0, 0.1) is 0 Å². The quantitative estimate of drug-likeness (QED) is 0.812. The van der Waals surface area contributed by atoms with E-state index in [1.807, 2.05) is 29.7 Å². The van der Waals surface area contributed by atoms with E-state index in [0.717, 1.165) is 5.56 Å². The second kappa shape index (κ2) is 7.23. The molecular weight excluding hydrogens is 342 g/mol. The Kier molecular flexibility index (Phi) is 5.03. The summed E-state index contributed by atoms with van der Waals surface area (Å²) in [5.41, 5.74) is 0.830. The number of aryl methyl sites for hydroxylation is 1. The largest absolute Gasteiger partial charge is 0.327 e. The molecular formula is C17H20ClN5O2. The zero-order valence-corrected chi connectivity index (χ0v) is 15.0. The van der Waals surface area contributed by atoms with Crippen LogP contribution in [0.25, 0.3) is 0 Å². The fourth-order valence-electron chi connectivity index (χ4n) is 2.95. The highest BCUT2D eigenvalue weighted by Crippen LogP contribution is 2.21. The smallest absolute Gasteiger partial charge is 0.245 e. The van der Waals surface area contributed by atoms with Crippen LogP contribution >= 0.6 is 11.6 Å². The highest BCUT2D eigenvalue weighted by Gasteiger charge is 2.37. The number of carbonyl (C=O) groups excluding carboxylic acids is 2. The minimum absolute atomic E-state index is 0.0364. The van der Waals surface area contributed by atoms with Gasteiger partial charge >= 0.3 is 0 Å². The summed E-state index contributed by atoms with van der Waals surface area (Å²) in [7, 11) is 0. The molecule has 8 heteroatoms. The van der Waals surface area contributed by atoms with Crippen molar-refractivity contribution >= 4 is 23.4 Å². The molecule has 0 aliphatic carbocycles. The van der Waals surface area contributed by atoms with Gasteiger partial charge in [0.15, 0.2) is 5.82 Å². The molecule has 0 unspecified atom stereocenters. The monoisotopic (exact) mass is 361 g/mol. The van der Waals surface area contributed by atoms with Gasteiger partial charge in [0, 0.05) is 18.1 Å². The highest BCUT2D eigenvalue weighted by molar-refractivity contribution is 6.31. The van der Waals surface area contributed by atoms with Crippen LogP contribution in [0.2, 0.25) is 5.02 Å². The topological polar surface area (TPSA) is 71.3 Å². The summed E-state index contributed by atoms with van der Waals surface area (Å²) in [5.74, 6) is 0.474. The van der Waals surface area contributed by atoms with E-state index in [1.165, 1.54) is 0 Å². The summed E-state index contributed by atoms with van der Waals surface area (Å²) in [6.07, 6.45) is 1.62. The lowest BCUT2D eigenvalue weighted by Crippen LogP contribution is -2.58. The van der Waals surface area contributed by atoms with Crippen LogP contribution in [-0.4, -0.2) is 49.0 Å². The van der Waals surface area contributed by atoms with Gasteiger partial charge in [-0.1, -0.05) is 29.8 Å². The third-order valence-corrected chi connectivity index (χ3v) is 4.82. The summed E-state index contributed by atoms with van der Waals surface area (Å²) < 4.78 is 1.86. The van der Waals surface area contributed by atoms with E-state index in [-0.39, 0.29) is 24.9 Å². The number of hydrogen-bond donors (Lipinski definition) is 0. The van der Waals surface area contributed by atoms with Crippen LogP contribution < -0.4 is 0 Å². The molecule has 1 aromatic carbocycles. The van der Waals surface area contributed by atoms with Gasteiger partial charge in [0.05, 0.1) is 6.54 Å². The van der Waals surface area contributed by atoms with E-state index >= 15 is 0 Å². The van der Waals surface area contributed by atoms with Crippen molar-refractivity contribution < 1.29 is 9.59 Å². The average molecular weight is 362 g/mol. The Morgan fingerprint density at radius 3 is 2.72 bits per heavy atom. The fourth-order valence-corrected chi connectivity index (χ4v) is 3.15. The van der Waals surface area contributed by atoms with Crippen molar-refractivity contribution in [2.24, 2.45) is 0 Å². The molecule has 25 heavy (non-hydrogen) atoms. The zero-order chi connectivity index (χ0) is 18.0. The molecule has 0 N–H and O–H groups in total. The van der Waals surface area contributed by atoms with Crippen LogP contribution in [0.4, 0.5) is 0 Å². The number of rotatable bonds is 5. The van der Waals surface area contributed by atoms with Crippen LogP contribution in [0.1, 0.15) is 25.2 Å². The minimum atomic E-state index is -0.550. The number of nitrogens with zero attached hydrogens (tertiary/aromatic N) is 5. The van der Waals surface area contributed by atoms with Crippen LogP contribution in [0.5, 0.6) is 0 Å². The molecule has 0 bridgehead atoms. The van der Waals surface area contributed by atoms with E-state index < -0.39 is 6.04 Å². The lowest BCUT2D eigenvalue weighted by Gasteiger charge is -2.38. The predicted molar refractivity (Wildman–Crippen MR) is 92.6 cm³/mol. The zero-order valence-electron chi connectivity index (χ0n) is 14.2. The van der Waals surface area contributed by atoms with Crippen LogP contribution in [0.15, 0.2) is 30.6 Å². The van der Waals surface area contributed by atoms with Crippen molar-refractivity contribution in [3.8, 4) is 0 Å². The molecule has 3 rings (SSSR count). The Hall–Kier alpha value is -2.41. The average Bonchev–Trinajstić information content (AvgIpc) is 3.05. The van der Waals surface area contributed by atoms with Crippen molar-refractivity contribution in [1.29, 1.82) is 0 Å². The normalized spacial score (nSPS) is 18.1. The predicted octanol–water partition coefficient (Wildman–Crippen LogP) is 1.71. The first-order valence-electron chi connectivity index (χ1n) is 8.19. The first kappa shape index (κ1) is 17.4. The third kappa shape index (κ3) is 3.51. The molecule has 0 saturated carbocycles. The maximum absolute atomic E-state index is 12.7. The van der Waals surface area contributed by atoms with Gasteiger partial charge in [0.25, 0.3) is 0 Å². The molecule has 132 valence electrons. The van der Waals surface area contributed by atoms with Gasteiger partial charge in [0.2, 0.25) is 11.8 Å². The van der Waals surface area contributed by atoms with Gasteiger partial charge in [-0.15, -0.1) is 10.2 Å². The van der Waals surface area contributed by atoms with Crippen molar-refractivity contribution in [1.82, 2.24) is 24.6 Å². The maximum Gasteiger partial charge on any atom is 0.245 e. The summed E-state index contributed by atoms with van der Waals surface area (Å²) in [4.78, 5) is 28.4. The van der Waals surface area contributed by atoms with Crippen LogP contribution in [-0.2, 0) is 29.2 Å². The molecule has 2 amide bonds. The molecule has 2 heterocycles. The Morgan fingerprint density at radius 1 is 1.24 bits per heavy atom. The highest BCUT2D eigenvalue weighted by atomic mass is 35.5. The summed E-state index contributed by atoms with van der Waals surface area (Å²) in [5, 5.41) is 8.51. The first-order chi connectivity index (χ1) is 12.0. The molecule has 1 aliphatic rings. The Labute approximate surface area is 151 Å². The summed E-state index contributed by atoms with van der Waals surface area (Å²) in [6, 6.07) is 6.79. The van der Waals surface area contributed by atoms with E-state index in [0.29, 0.717) is 23.9 Å². The first-order valence-corrected chi connectivity index (χ1v) is 8.57. The molecule has 7 nitrogen and oxygen atoms in total. The SMILES string of the molecule is CCn1cnnc1CN1C(=O)CN(Cc2ccccc2Cl)C(=O)[C@@H]1C. The van der Waals surface area contributed by atoms with Gasteiger partial charge in [0.1, 0.15) is 18.9 Å². The van der Waals surface area contributed by atoms with Crippen molar-refractivity contribution in [3.63, 3.8) is 0 Å². The standard InChI is InChI=1S/C17H20ClN5O2/c1-3-21-11-19-20-15(21)9-23-12(2)17(25)22(10-16(23)24)8-13-6-4-5-7-14(13)18/h4-7,11-12H,3,8-10H2,1-2H3/t12-/m0/s1. The molecule has 1 saturated heterocycles. The molecule has 2 aromatic rings. The lowest BCUT2D eigenvalue weighted by molar-refractivity contribution is -0.156. The summed E-state index contributed by atoms with van der Waals surface area (Å²) >= 11 is 6.17. The van der Waals surface area contributed by atoms with Crippen LogP contribution in [0.3, 0.4) is 0 Å². The summed E-state index contributed by atoms with van der Waals surface area (Å²) in [6.45, 7) is 5.07. The van der Waals surface area contributed by atoms with E-state index in [4.69, 9.17) is 11.6 Å². The lowest BCUT2D eigenvalue weighted by atomic mass is 10.1. The molecule has 0 spiro atoms. The van der Waals surface area contributed by atoms with E-state index in [9.17, 15) is 9.59 Å². The number of benzene rings is 1. The van der Waals surface area contributed by atoms with Crippen molar-refractivity contribution in [2.45, 2.75) is 39.5 Å². The number of piperazine rings is 1. The number of amides is 2. The van der Waals surface area contributed by atoms with Crippen molar-refractivity contribution in [2.75, 3.05) is 6.54 Å². The number of aromatic nitrogens is 3. The third-order valence-electron chi connectivity index (χ3n) is 4.45. The van der Waals surface area contributed by atoms with Gasteiger partial charge in [-0.25, -0.2) is 0 Å². The van der Waals surface area contributed by atoms with Gasteiger partial charge in [-0.3, -0.25) is 9.59 Å². The number of halogens is 1. The molecule has 0 radical (unpaired) electrons. The second-order valence-corrected chi connectivity index (χ2v) is 6.42. The molecule has 1 fully saturated rings. The Morgan fingerprint density at radius 2 is 2.00 bits per heavy atom. The minimum Gasteiger partial charge on any atom is -0.327 e. The van der Waals surface area contributed by atoms with Crippen molar-refractivity contribution in [3.05, 3.63) is 47.0 Å². The van der Waals surface area contributed by atoms with E-state index in [1.54, 1.807) is 29.1 Å². The van der Waals surface area contributed by atoms with Gasteiger partial charge < -0.3 is 14.4 Å². The maximum atomic E-state index is 12.7. The molecule has 1 aromatic heterocycles. The Bertz CT molecular complexity index is 791. The molecule has 1 atom stereocenters. The Balaban J connectivity index is 1.74. The van der Waals surface area contributed by atoms with Gasteiger partial charge in [-0.05, 0) is 25.5 Å². The van der Waals surface area contributed by atoms with Gasteiger partial charge in [-0.2, -0.15) is 0 Å². The number of hydrogen-bond acceptors (Lipinski definition) is 4.